The van der Waals surface area contributed by atoms with Crippen LogP contribution in [0.15, 0.2) is 53.1 Å². The molecule has 3 fully saturated rings. The van der Waals surface area contributed by atoms with Gasteiger partial charge < -0.3 is 14.6 Å². The van der Waals surface area contributed by atoms with Crippen LogP contribution in [0.4, 0.5) is 0 Å². The first kappa shape index (κ1) is 20.3. The molecule has 2 aromatic rings. The Bertz CT molecular complexity index is 894. The maximum atomic E-state index is 13.6. The van der Waals surface area contributed by atoms with Crippen LogP contribution in [0.3, 0.4) is 0 Å². The lowest BCUT2D eigenvalue weighted by molar-refractivity contribution is -0.135. The average Bonchev–Trinajstić information content (AvgIpc) is 3.20. The Labute approximate surface area is 184 Å². The van der Waals surface area contributed by atoms with Gasteiger partial charge in [-0.25, -0.2) is 0 Å². The van der Waals surface area contributed by atoms with E-state index in [1.807, 2.05) is 30.3 Å². The quantitative estimate of drug-likeness (QED) is 0.748. The number of furan rings is 1. The summed E-state index contributed by atoms with van der Waals surface area (Å²) in [5.41, 5.74) is 1.26. The van der Waals surface area contributed by atoms with Gasteiger partial charge >= 0.3 is 0 Å². The minimum Gasteiger partial charge on any atom is -0.467 e. The van der Waals surface area contributed by atoms with Crippen molar-refractivity contribution in [3.63, 3.8) is 0 Å². The molecule has 2 saturated carbocycles. The van der Waals surface area contributed by atoms with Crippen molar-refractivity contribution in [1.82, 2.24) is 10.2 Å². The van der Waals surface area contributed by atoms with Gasteiger partial charge in [0.15, 0.2) is 0 Å². The van der Waals surface area contributed by atoms with Crippen LogP contribution < -0.4 is 5.32 Å². The van der Waals surface area contributed by atoms with Crippen LogP contribution in [-0.2, 0) is 16.1 Å². The predicted octanol–water partition coefficient (Wildman–Crippen LogP) is 4.50. The minimum absolute atomic E-state index is 0.00987. The molecule has 2 amide bonds. The van der Waals surface area contributed by atoms with Gasteiger partial charge in [-0.2, -0.15) is 0 Å². The lowest BCUT2D eigenvalue weighted by Crippen LogP contribution is -2.44. The Morgan fingerprint density at radius 2 is 1.81 bits per heavy atom. The molecule has 0 bridgehead atoms. The van der Waals surface area contributed by atoms with E-state index in [-0.39, 0.29) is 23.2 Å². The normalized spacial score (nSPS) is 23.6. The summed E-state index contributed by atoms with van der Waals surface area (Å²) in [6.07, 6.45) is 9.22. The molecular formula is C26H32N2O3. The van der Waals surface area contributed by atoms with Gasteiger partial charge in [-0.3, -0.25) is 9.59 Å². The van der Waals surface area contributed by atoms with Gasteiger partial charge in [0.25, 0.3) is 0 Å². The number of amides is 2. The lowest BCUT2D eigenvalue weighted by atomic mass is 9.82. The van der Waals surface area contributed by atoms with E-state index in [9.17, 15) is 9.59 Å². The zero-order valence-corrected chi connectivity index (χ0v) is 18.1. The van der Waals surface area contributed by atoms with Crippen LogP contribution in [-0.4, -0.2) is 29.8 Å². The zero-order chi connectivity index (χ0) is 21.3. The maximum absolute atomic E-state index is 13.6. The molecule has 5 nitrogen and oxygen atoms in total. The van der Waals surface area contributed by atoms with Crippen molar-refractivity contribution >= 4 is 11.8 Å². The molecule has 31 heavy (non-hydrogen) atoms. The van der Waals surface area contributed by atoms with Gasteiger partial charge in [-0.15, -0.1) is 0 Å². The molecule has 1 aromatic heterocycles. The number of hydrogen-bond donors (Lipinski definition) is 1. The molecule has 0 radical (unpaired) electrons. The summed E-state index contributed by atoms with van der Waals surface area (Å²) in [6.45, 7) is 2.00. The molecule has 1 saturated heterocycles. The predicted molar refractivity (Wildman–Crippen MR) is 118 cm³/mol. The van der Waals surface area contributed by atoms with E-state index in [1.165, 1.54) is 18.4 Å². The van der Waals surface area contributed by atoms with Crippen molar-refractivity contribution in [1.29, 1.82) is 0 Å². The third-order valence-corrected chi connectivity index (χ3v) is 7.89. The van der Waals surface area contributed by atoms with Crippen LogP contribution in [0.5, 0.6) is 0 Å². The van der Waals surface area contributed by atoms with Gasteiger partial charge in [-0.1, -0.05) is 43.2 Å². The molecule has 2 unspecified atom stereocenters. The third kappa shape index (κ3) is 4.15. The monoisotopic (exact) mass is 420 g/mol. The van der Waals surface area contributed by atoms with Crippen LogP contribution in [0.1, 0.15) is 62.2 Å². The number of carbonyl (C=O) groups is 2. The first-order valence-corrected chi connectivity index (χ1v) is 11.8. The Kier molecular flexibility index (Phi) is 5.59. The van der Waals surface area contributed by atoms with Gasteiger partial charge in [0.1, 0.15) is 5.76 Å². The van der Waals surface area contributed by atoms with Crippen molar-refractivity contribution in [2.45, 2.75) is 57.4 Å². The van der Waals surface area contributed by atoms with E-state index in [0.717, 1.165) is 51.0 Å². The lowest BCUT2D eigenvalue weighted by Gasteiger charge is -2.36. The number of rotatable bonds is 6. The molecule has 2 aliphatic carbocycles. The second-order valence-electron chi connectivity index (χ2n) is 9.67. The van der Waals surface area contributed by atoms with E-state index >= 15 is 0 Å². The molecule has 1 aromatic carbocycles. The Balaban J connectivity index is 1.19. The standard InChI is InChI=1S/C26H32N2O3/c29-24(27-18-21-11-6-16-31-21)22-17-26(22)12-14-28(15-13-26)25(30)23(20-9-4-5-10-20)19-7-2-1-3-8-19/h1-3,6-8,11,16,20,22-23H,4-5,9-10,12-15,17-18H2,(H,27,29). The van der Waals surface area contributed by atoms with Crippen molar-refractivity contribution < 1.29 is 14.0 Å². The number of hydrogen-bond acceptors (Lipinski definition) is 3. The summed E-state index contributed by atoms with van der Waals surface area (Å²) in [5, 5.41) is 3.02. The van der Waals surface area contributed by atoms with Crippen LogP contribution in [0.25, 0.3) is 0 Å². The minimum atomic E-state index is -0.00987. The number of nitrogens with one attached hydrogen (secondary N) is 1. The smallest absolute Gasteiger partial charge is 0.230 e. The molecule has 1 N–H and O–H groups in total. The first-order valence-electron chi connectivity index (χ1n) is 11.8. The Hall–Kier alpha value is -2.56. The molecule has 1 spiro atoms. The topological polar surface area (TPSA) is 62.6 Å². The molecule has 5 rings (SSSR count). The largest absolute Gasteiger partial charge is 0.467 e. The van der Waals surface area contributed by atoms with Gasteiger partial charge in [-0.05, 0) is 61.1 Å². The second kappa shape index (κ2) is 8.52. The first-order chi connectivity index (χ1) is 15.2. The summed E-state index contributed by atoms with van der Waals surface area (Å²) >= 11 is 0. The van der Waals surface area contributed by atoms with E-state index in [0.29, 0.717) is 18.4 Å². The highest BCUT2D eigenvalue weighted by atomic mass is 16.3. The van der Waals surface area contributed by atoms with Crippen molar-refractivity contribution in [3.05, 3.63) is 60.1 Å². The molecule has 5 heteroatoms. The fourth-order valence-corrected chi connectivity index (χ4v) is 5.92. The molecule has 2 heterocycles. The third-order valence-electron chi connectivity index (χ3n) is 7.89. The van der Waals surface area contributed by atoms with Crippen molar-refractivity contribution in [2.75, 3.05) is 13.1 Å². The summed E-state index contributed by atoms with van der Waals surface area (Å²) in [5.74, 6) is 1.75. The highest BCUT2D eigenvalue weighted by Gasteiger charge is 2.58. The highest BCUT2D eigenvalue weighted by Crippen LogP contribution is 2.59. The van der Waals surface area contributed by atoms with E-state index < -0.39 is 0 Å². The average molecular weight is 421 g/mol. The van der Waals surface area contributed by atoms with Gasteiger partial charge in [0.05, 0.1) is 18.7 Å². The zero-order valence-electron chi connectivity index (χ0n) is 18.1. The second-order valence-corrected chi connectivity index (χ2v) is 9.67. The number of carbonyl (C=O) groups excluding carboxylic acids is 2. The molecule has 3 aliphatic rings. The Morgan fingerprint density at radius 3 is 2.48 bits per heavy atom. The Morgan fingerprint density at radius 1 is 1.06 bits per heavy atom. The van der Waals surface area contributed by atoms with Crippen molar-refractivity contribution in [2.24, 2.45) is 17.3 Å². The summed E-state index contributed by atoms with van der Waals surface area (Å²) in [4.78, 5) is 28.3. The molecule has 2 atom stereocenters. The fourth-order valence-electron chi connectivity index (χ4n) is 5.92. The van der Waals surface area contributed by atoms with E-state index in [4.69, 9.17) is 4.42 Å². The fraction of sp³-hybridized carbons (Fsp3) is 0.538. The molecular weight excluding hydrogens is 388 g/mol. The SMILES string of the molecule is O=C(NCc1ccco1)C1CC12CCN(C(=O)C(c1ccccc1)C1CCCC1)CC2. The summed E-state index contributed by atoms with van der Waals surface area (Å²) < 4.78 is 5.30. The maximum Gasteiger partial charge on any atom is 0.230 e. The van der Waals surface area contributed by atoms with Gasteiger partial charge in [0, 0.05) is 19.0 Å². The summed E-state index contributed by atoms with van der Waals surface area (Å²) in [7, 11) is 0. The molecule has 1 aliphatic heterocycles. The van der Waals surface area contributed by atoms with Crippen molar-refractivity contribution in [3.8, 4) is 0 Å². The number of piperidine rings is 1. The van der Waals surface area contributed by atoms with Crippen LogP contribution in [0.2, 0.25) is 0 Å². The van der Waals surface area contributed by atoms with E-state index in [2.05, 4.69) is 22.3 Å². The summed E-state index contributed by atoms with van der Waals surface area (Å²) in [6, 6.07) is 14.1. The van der Waals surface area contributed by atoms with Crippen LogP contribution >= 0.6 is 0 Å². The van der Waals surface area contributed by atoms with Crippen LogP contribution in [0, 0.1) is 17.3 Å². The molecule has 164 valence electrons. The highest BCUT2D eigenvalue weighted by molar-refractivity contribution is 5.85. The van der Waals surface area contributed by atoms with Gasteiger partial charge in [0.2, 0.25) is 11.8 Å². The number of likely N-dealkylation sites (tertiary alicyclic amines) is 1. The number of benzene rings is 1. The van der Waals surface area contributed by atoms with E-state index in [1.54, 1.807) is 6.26 Å². The number of nitrogens with zero attached hydrogens (tertiary/aromatic N) is 1.